The van der Waals surface area contributed by atoms with Crippen LogP contribution < -0.4 is 10.1 Å². The first-order chi connectivity index (χ1) is 13.5. The van der Waals surface area contributed by atoms with E-state index in [0.717, 1.165) is 9.67 Å². The molecule has 0 radical (unpaired) electrons. The summed E-state index contributed by atoms with van der Waals surface area (Å²) in [5, 5.41) is 16.4. The van der Waals surface area contributed by atoms with Crippen LogP contribution in [0.25, 0.3) is 10.7 Å². The van der Waals surface area contributed by atoms with Crippen molar-refractivity contribution < 1.29 is 19.1 Å². The molecule has 0 bridgehead atoms. The van der Waals surface area contributed by atoms with Crippen LogP contribution in [0.15, 0.2) is 41.8 Å². The first kappa shape index (κ1) is 19.5. The van der Waals surface area contributed by atoms with Crippen LogP contribution in [-0.4, -0.2) is 44.8 Å². The van der Waals surface area contributed by atoms with Gasteiger partial charge in [0.15, 0.2) is 12.6 Å². The molecule has 0 aliphatic heterocycles. The van der Waals surface area contributed by atoms with Crippen molar-refractivity contribution >= 4 is 28.9 Å². The molecule has 10 heteroatoms. The standard InChI is InChI=1S/C18H19N5O4S/c1-3-26-14-8-6-13(7-9-14)19-18(25)12(2)27-16(24)11-23-21-17(20-22-23)15-5-4-10-28-15/h4-10,12H,3,11H2,1-2H3,(H,19,25)/t12-/m0/s1. The molecule has 2 heterocycles. The maximum atomic E-state index is 12.2. The van der Waals surface area contributed by atoms with Crippen molar-refractivity contribution in [1.82, 2.24) is 20.2 Å². The molecule has 28 heavy (non-hydrogen) atoms. The van der Waals surface area contributed by atoms with E-state index in [0.29, 0.717) is 23.9 Å². The summed E-state index contributed by atoms with van der Waals surface area (Å²) in [7, 11) is 0. The Morgan fingerprint density at radius 2 is 2.04 bits per heavy atom. The summed E-state index contributed by atoms with van der Waals surface area (Å²) in [6, 6.07) is 10.7. The quantitative estimate of drug-likeness (QED) is 0.577. The Hall–Kier alpha value is -3.27. The van der Waals surface area contributed by atoms with E-state index in [1.807, 2.05) is 24.4 Å². The van der Waals surface area contributed by atoms with Gasteiger partial charge in [-0.1, -0.05) is 6.07 Å². The molecule has 9 nitrogen and oxygen atoms in total. The molecule has 0 aliphatic carbocycles. The smallest absolute Gasteiger partial charge is 0.330 e. The Morgan fingerprint density at radius 3 is 2.71 bits per heavy atom. The van der Waals surface area contributed by atoms with Crippen LogP contribution in [0, 0.1) is 0 Å². The molecule has 3 rings (SSSR count). The van der Waals surface area contributed by atoms with Crippen LogP contribution >= 0.6 is 11.3 Å². The SMILES string of the molecule is CCOc1ccc(NC(=O)[C@H](C)OC(=O)Cn2nnc(-c3cccs3)n2)cc1. The fourth-order valence-electron chi connectivity index (χ4n) is 2.26. The monoisotopic (exact) mass is 401 g/mol. The van der Waals surface area contributed by atoms with Crippen LogP contribution in [0.3, 0.4) is 0 Å². The molecular formula is C18H19N5O4S. The maximum absolute atomic E-state index is 12.2. The van der Waals surface area contributed by atoms with Crippen LogP contribution in [0.1, 0.15) is 13.8 Å². The summed E-state index contributed by atoms with van der Waals surface area (Å²) in [6.07, 6.45) is -0.973. The number of rotatable bonds is 8. The lowest BCUT2D eigenvalue weighted by molar-refractivity contribution is -0.154. The molecule has 0 aliphatic rings. The number of nitrogens with one attached hydrogen (secondary N) is 1. The van der Waals surface area contributed by atoms with Crippen molar-refractivity contribution in [2.75, 3.05) is 11.9 Å². The molecule has 0 spiro atoms. The van der Waals surface area contributed by atoms with Gasteiger partial charge in [0.2, 0.25) is 5.82 Å². The molecule has 0 fully saturated rings. The molecule has 0 saturated carbocycles. The lowest BCUT2D eigenvalue weighted by Crippen LogP contribution is -2.31. The van der Waals surface area contributed by atoms with E-state index in [4.69, 9.17) is 9.47 Å². The minimum absolute atomic E-state index is 0.237. The van der Waals surface area contributed by atoms with Gasteiger partial charge < -0.3 is 14.8 Å². The number of ether oxygens (including phenoxy) is 2. The van der Waals surface area contributed by atoms with Crippen molar-refractivity contribution in [2.45, 2.75) is 26.5 Å². The number of anilines is 1. The Kier molecular flexibility index (Phi) is 6.33. The second kappa shape index (κ2) is 9.09. The summed E-state index contributed by atoms with van der Waals surface area (Å²) < 4.78 is 10.5. The van der Waals surface area contributed by atoms with Crippen molar-refractivity contribution in [2.24, 2.45) is 0 Å². The number of carbonyl (C=O) groups excluding carboxylic acids is 2. The zero-order valence-electron chi connectivity index (χ0n) is 15.4. The second-order valence-electron chi connectivity index (χ2n) is 5.70. The van der Waals surface area contributed by atoms with Gasteiger partial charge in [-0.25, -0.2) is 4.79 Å². The van der Waals surface area contributed by atoms with Gasteiger partial charge in [-0.2, -0.15) is 4.80 Å². The van der Waals surface area contributed by atoms with Crippen molar-refractivity contribution in [3.05, 3.63) is 41.8 Å². The highest BCUT2D eigenvalue weighted by atomic mass is 32.1. The number of amides is 1. The number of hydrogen-bond acceptors (Lipinski definition) is 8. The third-order valence-corrected chi connectivity index (χ3v) is 4.44. The van der Waals surface area contributed by atoms with E-state index in [9.17, 15) is 9.59 Å². The average Bonchev–Trinajstić information content (AvgIpc) is 3.35. The molecule has 0 unspecified atom stereocenters. The van der Waals surface area contributed by atoms with Gasteiger partial charge in [-0.05, 0) is 54.8 Å². The van der Waals surface area contributed by atoms with E-state index < -0.39 is 18.0 Å². The topological polar surface area (TPSA) is 108 Å². The predicted molar refractivity (Wildman–Crippen MR) is 103 cm³/mol. The summed E-state index contributed by atoms with van der Waals surface area (Å²) in [5.41, 5.74) is 0.579. The second-order valence-corrected chi connectivity index (χ2v) is 6.65. The minimum Gasteiger partial charge on any atom is -0.494 e. The van der Waals surface area contributed by atoms with E-state index in [2.05, 4.69) is 20.7 Å². The molecule has 1 N–H and O–H groups in total. The number of carbonyl (C=O) groups is 2. The van der Waals surface area contributed by atoms with Gasteiger partial charge in [0.1, 0.15) is 5.75 Å². The molecule has 1 atom stereocenters. The van der Waals surface area contributed by atoms with Gasteiger partial charge in [-0.15, -0.1) is 21.5 Å². The largest absolute Gasteiger partial charge is 0.494 e. The molecule has 1 aromatic carbocycles. The van der Waals surface area contributed by atoms with Crippen molar-refractivity contribution in [3.63, 3.8) is 0 Å². The van der Waals surface area contributed by atoms with E-state index >= 15 is 0 Å². The highest BCUT2D eigenvalue weighted by Gasteiger charge is 2.19. The molecular weight excluding hydrogens is 382 g/mol. The molecule has 0 saturated heterocycles. The maximum Gasteiger partial charge on any atom is 0.330 e. The van der Waals surface area contributed by atoms with Gasteiger partial charge in [0.05, 0.1) is 11.5 Å². The van der Waals surface area contributed by atoms with E-state index in [1.54, 1.807) is 24.3 Å². The summed E-state index contributed by atoms with van der Waals surface area (Å²) in [4.78, 5) is 26.2. The van der Waals surface area contributed by atoms with Crippen molar-refractivity contribution in [3.8, 4) is 16.5 Å². The number of hydrogen-bond donors (Lipinski definition) is 1. The highest BCUT2D eigenvalue weighted by Crippen LogP contribution is 2.19. The fraction of sp³-hybridized carbons (Fsp3) is 0.278. The number of esters is 1. The molecule has 3 aromatic rings. The molecule has 146 valence electrons. The lowest BCUT2D eigenvalue weighted by Gasteiger charge is -2.13. The van der Waals surface area contributed by atoms with Gasteiger partial charge in [0.25, 0.3) is 5.91 Å². The Labute approximate surface area is 165 Å². The third kappa shape index (κ3) is 5.13. The molecule has 1 amide bonds. The number of aromatic nitrogens is 4. The Bertz CT molecular complexity index is 924. The molecule has 2 aromatic heterocycles. The first-order valence-electron chi connectivity index (χ1n) is 8.60. The number of thiophene rings is 1. The zero-order chi connectivity index (χ0) is 19.9. The van der Waals surface area contributed by atoms with Crippen LogP contribution in [0.5, 0.6) is 5.75 Å². The van der Waals surface area contributed by atoms with E-state index in [-0.39, 0.29) is 6.54 Å². The van der Waals surface area contributed by atoms with Crippen LogP contribution in [0.4, 0.5) is 5.69 Å². The first-order valence-corrected chi connectivity index (χ1v) is 9.48. The highest BCUT2D eigenvalue weighted by molar-refractivity contribution is 7.13. The zero-order valence-corrected chi connectivity index (χ0v) is 16.2. The van der Waals surface area contributed by atoms with Gasteiger partial charge in [-0.3, -0.25) is 4.79 Å². The predicted octanol–water partition coefficient (Wildman–Crippen LogP) is 2.37. The summed E-state index contributed by atoms with van der Waals surface area (Å²) in [5.74, 6) is 0.0686. The normalized spacial score (nSPS) is 11.6. The van der Waals surface area contributed by atoms with Crippen molar-refractivity contribution in [1.29, 1.82) is 0 Å². The summed E-state index contributed by atoms with van der Waals surface area (Å²) >= 11 is 1.47. The van der Waals surface area contributed by atoms with E-state index in [1.165, 1.54) is 18.3 Å². The Morgan fingerprint density at radius 1 is 1.25 bits per heavy atom. The summed E-state index contributed by atoms with van der Waals surface area (Å²) in [6.45, 7) is 3.71. The third-order valence-electron chi connectivity index (χ3n) is 3.58. The number of tetrazole rings is 1. The fourth-order valence-corrected chi connectivity index (χ4v) is 2.91. The van der Waals surface area contributed by atoms with Crippen LogP contribution in [-0.2, 0) is 20.9 Å². The number of benzene rings is 1. The average molecular weight is 401 g/mol. The van der Waals surface area contributed by atoms with Crippen LogP contribution in [0.2, 0.25) is 0 Å². The van der Waals surface area contributed by atoms with Gasteiger partial charge in [0, 0.05) is 5.69 Å². The minimum atomic E-state index is -0.973. The van der Waals surface area contributed by atoms with Gasteiger partial charge >= 0.3 is 5.97 Å². The Balaban J connectivity index is 1.50. The lowest BCUT2D eigenvalue weighted by atomic mass is 10.3. The number of nitrogens with zero attached hydrogens (tertiary/aromatic N) is 4.